The molecule has 0 aliphatic carbocycles. The van der Waals surface area contributed by atoms with Crippen molar-refractivity contribution in [2.45, 2.75) is 39.0 Å². The molecule has 0 amide bonds. The molecule has 2 heterocycles. The summed E-state index contributed by atoms with van der Waals surface area (Å²) in [5.41, 5.74) is 1.15. The van der Waals surface area contributed by atoms with E-state index in [4.69, 9.17) is 0 Å². The Bertz CT molecular complexity index is 332. The Hall–Kier alpha value is -0.450. The van der Waals surface area contributed by atoms with E-state index >= 15 is 0 Å². The van der Waals surface area contributed by atoms with Crippen LogP contribution in [-0.4, -0.2) is 31.2 Å². The van der Waals surface area contributed by atoms with E-state index in [-0.39, 0.29) is 0 Å². The number of hydrogen-bond acceptors (Lipinski definition) is 4. The van der Waals surface area contributed by atoms with E-state index in [1.807, 2.05) is 0 Å². The van der Waals surface area contributed by atoms with Crippen molar-refractivity contribution in [3.63, 3.8) is 0 Å². The Balaban J connectivity index is 1.46. The van der Waals surface area contributed by atoms with Crippen LogP contribution in [0.25, 0.3) is 0 Å². The second-order valence-corrected chi connectivity index (χ2v) is 6.18. The fourth-order valence-corrected chi connectivity index (χ4v) is 3.30. The predicted octanol–water partition coefficient (Wildman–Crippen LogP) is 2.36. The van der Waals surface area contributed by atoms with Crippen LogP contribution in [0.5, 0.6) is 0 Å². The molecule has 1 aliphatic heterocycles. The Labute approximate surface area is 114 Å². The van der Waals surface area contributed by atoms with Gasteiger partial charge in [-0.25, -0.2) is 4.98 Å². The molecule has 0 bridgehead atoms. The van der Waals surface area contributed by atoms with Crippen LogP contribution >= 0.6 is 11.3 Å². The quantitative estimate of drug-likeness (QED) is 0.745. The number of aryl methyl sites for hydroxylation is 1. The highest BCUT2D eigenvalue weighted by Gasteiger charge is 2.11. The minimum Gasteiger partial charge on any atom is -0.316 e. The third kappa shape index (κ3) is 5.04. The van der Waals surface area contributed by atoms with Crippen LogP contribution in [0.15, 0.2) is 5.38 Å². The largest absolute Gasteiger partial charge is 0.316 e. The first-order valence-corrected chi connectivity index (χ1v) is 8.05. The summed E-state index contributed by atoms with van der Waals surface area (Å²) >= 11 is 1.78. The van der Waals surface area contributed by atoms with Crippen LogP contribution in [0.4, 0.5) is 0 Å². The second-order valence-electron chi connectivity index (χ2n) is 5.24. The molecule has 4 heteroatoms. The van der Waals surface area contributed by atoms with E-state index in [9.17, 15) is 0 Å². The third-order valence-electron chi connectivity index (χ3n) is 3.55. The lowest BCUT2D eigenvalue weighted by Crippen LogP contribution is -2.30. The zero-order valence-electron chi connectivity index (χ0n) is 11.4. The molecule has 0 spiro atoms. The first-order chi connectivity index (χ1) is 8.84. The van der Waals surface area contributed by atoms with Crippen LogP contribution < -0.4 is 10.6 Å². The molecule has 1 aromatic rings. The SMILES string of the molecule is Cc1csc(CCNCCCC2CCCNC2)n1. The van der Waals surface area contributed by atoms with Crippen molar-refractivity contribution in [1.29, 1.82) is 0 Å². The van der Waals surface area contributed by atoms with Gasteiger partial charge in [-0.1, -0.05) is 0 Å². The summed E-state index contributed by atoms with van der Waals surface area (Å²) in [5, 5.41) is 10.4. The summed E-state index contributed by atoms with van der Waals surface area (Å²) in [6.45, 7) is 6.74. The maximum atomic E-state index is 4.47. The summed E-state index contributed by atoms with van der Waals surface area (Å²) in [5.74, 6) is 0.919. The Morgan fingerprint density at radius 2 is 2.44 bits per heavy atom. The molecule has 0 aromatic carbocycles. The van der Waals surface area contributed by atoms with Crippen LogP contribution in [0.2, 0.25) is 0 Å². The Morgan fingerprint density at radius 3 is 3.17 bits per heavy atom. The molecule has 0 saturated carbocycles. The average molecular weight is 267 g/mol. The molecule has 18 heavy (non-hydrogen) atoms. The van der Waals surface area contributed by atoms with Crippen LogP contribution in [0.3, 0.4) is 0 Å². The van der Waals surface area contributed by atoms with Gasteiger partial charge in [0.1, 0.15) is 0 Å². The zero-order chi connectivity index (χ0) is 12.6. The van der Waals surface area contributed by atoms with Gasteiger partial charge < -0.3 is 10.6 Å². The topological polar surface area (TPSA) is 37.0 Å². The van der Waals surface area contributed by atoms with E-state index in [0.29, 0.717) is 0 Å². The molecule has 0 radical (unpaired) electrons. The minimum atomic E-state index is 0.919. The lowest BCUT2D eigenvalue weighted by molar-refractivity contribution is 0.348. The standard InChI is InChI=1S/C14H25N3S/c1-12-11-18-14(17-12)6-9-15-7-2-4-13-5-3-8-16-10-13/h11,13,15-16H,2-10H2,1H3. The zero-order valence-corrected chi connectivity index (χ0v) is 12.2. The maximum absolute atomic E-state index is 4.47. The number of hydrogen-bond donors (Lipinski definition) is 2. The Kier molecular flexibility index (Phi) is 6.11. The molecule has 1 aromatic heterocycles. The fourth-order valence-electron chi connectivity index (χ4n) is 2.52. The normalized spacial score (nSPS) is 20.2. The van der Waals surface area contributed by atoms with Gasteiger partial charge >= 0.3 is 0 Å². The van der Waals surface area contributed by atoms with E-state index in [1.165, 1.54) is 43.8 Å². The molecule has 102 valence electrons. The van der Waals surface area contributed by atoms with Gasteiger partial charge in [-0.15, -0.1) is 11.3 Å². The van der Waals surface area contributed by atoms with Crippen LogP contribution in [0.1, 0.15) is 36.4 Å². The van der Waals surface area contributed by atoms with Gasteiger partial charge in [0.25, 0.3) is 0 Å². The maximum Gasteiger partial charge on any atom is 0.0940 e. The summed E-state index contributed by atoms with van der Waals surface area (Å²) in [6, 6.07) is 0. The van der Waals surface area contributed by atoms with Crippen molar-refractivity contribution in [2.75, 3.05) is 26.2 Å². The Morgan fingerprint density at radius 1 is 1.50 bits per heavy atom. The van der Waals surface area contributed by atoms with Crippen molar-refractivity contribution >= 4 is 11.3 Å². The molecule has 1 unspecified atom stereocenters. The third-order valence-corrected chi connectivity index (χ3v) is 4.57. The lowest BCUT2D eigenvalue weighted by atomic mass is 9.95. The molecule has 2 rings (SSSR count). The van der Waals surface area contributed by atoms with Crippen LogP contribution in [0, 0.1) is 12.8 Å². The first-order valence-electron chi connectivity index (χ1n) is 7.17. The molecule has 2 N–H and O–H groups in total. The van der Waals surface area contributed by atoms with Gasteiger partial charge in [0.2, 0.25) is 0 Å². The fraction of sp³-hybridized carbons (Fsp3) is 0.786. The monoisotopic (exact) mass is 267 g/mol. The van der Waals surface area contributed by atoms with Crippen molar-refractivity contribution in [2.24, 2.45) is 5.92 Å². The van der Waals surface area contributed by atoms with Gasteiger partial charge in [-0.3, -0.25) is 0 Å². The van der Waals surface area contributed by atoms with Gasteiger partial charge in [0, 0.05) is 24.0 Å². The molecular weight excluding hydrogens is 242 g/mol. The van der Waals surface area contributed by atoms with E-state index in [1.54, 1.807) is 11.3 Å². The van der Waals surface area contributed by atoms with Crippen molar-refractivity contribution < 1.29 is 0 Å². The first kappa shape index (κ1) is 14.0. The highest BCUT2D eigenvalue weighted by atomic mass is 32.1. The summed E-state index contributed by atoms with van der Waals surface area (Å²) in [7, 11) is 0. The van der Waals surface area contributed by atoms with E-state index in [2.05, 4.69) is 27.9 Å². The predicted molar refractivity (Wildman–Crippen MR) is 78.3 cm³/mol. The number of thiazole rings is 1. The molecular formula is C14H25N3S. The number of nitrogens with zero attached hydrogens (tertiary/aromatic N) is 1. The van der Waals surface area contributed by atoms with E-state index in [0.717, 1.165) is 31.1 Å². The average Bonchev–Trinajstić information content (AvgIpc) is 2.81. The molecule has 1 aliphatic rings. The number of nitrogens with one attached hydrogen (secondary N) is 2. The molecule has 1 saturated heterocycles. The van der Waals surface area contributed by atoms with Gasteiger partial charge in [-0.2, -0.15) is 0 Å². The van der Waals surface area contributed by atoms with Crippen LogP contribution in [-0.2, 0) is 6.42 Å². The molecule has 1 atom stereocenters. The number of rotatable bonds is 7. The molecule has 3 nitrogen and oxygen atoms in total. The number of aromatic nitrogens is 1. The van der Waals surface area contributed by atoms with Gasteiger partial charge in [0.15, 0.2) is 0 Å². The highest BCUT2D eigenvalue weighted by Crippen LogP contribution is 2.15. The highest BCUT2D eigenvalue weighted by molar-refractivity contribution is 7.09. The van der Waals surface area contributed by atoms with Crippen molar-refractivity contribution in [1.82, 2.24) is 15.6 Å². The lowest BCUT2D eigenvalue weighted by Gasteiger charge is -2.22. The second kappa shape index (κ2) is 7.87. The molecule has 1 fully saturated rings. The number of piperidine rings is 1. The summed E-state index contributed by atoms with van der Waals surface area (Å²) < 4.78 is 0. The summed E-state index contributed by atoms with van der Waals surface area (Å²) in [6.07, 6.45) is 6.54. The van der Waals surface area contributed by atoms with E-state index < -0.39 is 0 Å². The van der Waals surface area contributed by atoms with Gasteiger partial charge in [-0.05, 0) is 58.2 Å². The van der Waals surface area contributed by atoms with Gasteiger partial charge in [0.05, 0.1) is 5.01 Å². The smallest absolute Gasteiger partial charge is 0.0940 e. The minimum absolute atomic E-state index is 0.919. The van der Waals surface area contributed by atoms with Crippen molar-refractivity contribution in [3.8, 4) is 0 Å². The summed E-state index contributed by atoms with van der Waals surface area (Å²) in [4.78, 5) is 4.47. The van der Waals surface area contributed by atoms with Crippen molar-refractivity contribution in [3.05, 3.63) is 16.1 Å².